The number of amides is 1. The molecule has 0 radical (unpaired) electrons. The molecule has 1 heterocycles. The van der Waals surface area contributed by atoms with Crippen molar-refractivity contribution in [3.63, 3.8) is 0 Å². The molecular formula is C19H16F2N2O2S. The zero-order valence-electron chi connectivity index (χ0n) is 14.2. The topological polar surface area (TPSA) is 51.2 Å². The Morgan fingerprint density at radius 2 is 2.00 bits per heavy atom. The maximum atomic E-state index is 13.3. The van der Waals surface area contributed by atoms with E-state index in [0.29, 0.717) is 22.1 Å². The molecule has 1 aromatic heterocycles. The molecule has 0 atom stereocenters. The number of carbonyl (C=O) groups is 1. The van der Waals surface area contributed by atoms with Gasteiger partial charge in [0, 0.05) is 10.9 Å². The third kappa shape index (κ3) is 4.05. The summed E-state index contributed by atoms with van der Waals surface area (Å²) in [4.78, 5) is 16.3. The predicted molar refractivity (Wildman–Crippen MR) is 97.5 cm³/mol. The molecule has 0 unspecified atom stereocenters. The van der Waals surface area contributed by atoms with Crippen LogP contribution in [-0.2, 0) is 4.79 Å². The van der Waals surface area contributed by atoms with Gasteiger partial charge in [-0.25, -0.2) is 13.8 Å². The summed E-state index contributed by atoms with van der Waals surface area (Å²) in [5.41, 5.74) is 2.96. The van der Waals surface area contributed by atoms with Crippen LogP contribution < -0.4 is 10.1 Å². The van der Waals surface area contributed by atoms with Crippen LogP contribution in [-0.4, -0.2) is 17.5 Å². The summed E-state index contributed by atoms with van der Waals surface area (Å²) in [6, 6.07) is 9.19. The third-order valence-electron chi connectivity index (χ3n) is 3.88. The van der Waals surface area contributed by atoms with E-state index in [1.165, 1.54) is 17.4 Å². The zero-order valence-corrected chi connectivity index (χ0v) is 15.0. The lowest BCUT2D eigenvalue weighted by molar-refractivity contribution is -0.118. The first-order valence-corrected chi connectivity index (χ1v) is 8.72. The Balaban J connectivity index is 1.62. The average molecular weight is 374 g/mol. The van der Waals surface area contributed by atoms with Gasteiger partial charge in [0.25, 0.3) is 5.91 Å². The first kappa shape index (κ1) is 18.0. The lowest BCUT2D eigenvalue weighted by Gasteiger charge is -2.10. The van der Waals surface area contributed by atoms with Gasteiger partial charge in [0.2, 0.25) is 0 Å². The van der Waals surface area contributed by atoms with Gasteiger partial charge in [0.15, 0.2) is 23.4 Å². The fourth-order valence-corrected chi connectivity index (χ4v) is 3.03. The van der Waals surface area contributed by atoms with Gasteiger partial charge in [0.05, 0.1) is 5.69 Å². The number of halogens is 2. The number of rotatable bonds is 5. The Morgan fingerprint density at radius 1 is 1.19 bits per heavy atom. The first-order chi connectivity index (χ1) is 12.4. The minimum absolute atomic E-state index is 0.148. The number of hydrogen-bond acceptors (Lipinski definition) is 4. The van der Waals surface area contributed by atoms with Gasteiger partial charge in [0.1, 0.15) is 5.75 Å². The van der Waals surface area contributed by atoms with E-state index in [9.17, 15) is 13.6 Å². The Hall–Kier alpha value is -2.80. The van der Waals surface area contributed by atoms with Crippen LogP contribution >= 0.6 is 11.3 Å². The number of aromatic nitrogens is 1. The molecule has 3 aromatic rings. The van der Waals surface area contributed by atoms with Gasteiger partial charge in [-0.2, -0.15) is 0 Å². The summed E-state index contributed by atoms with van der Waals surface area (Å²) >= 11 is 1.20. The molecule has 134 valence electrons. The number of anilines is 1. The molecule has 2 aromatic carbocycles. The second-order valence-corrected chi connectivity index (χ2v) is 6.56. The normalized spacial score (nSPS) is 10.6. The number of nitrogens with zero attached hydrogens (tertiary/aromatic N) is 1. The number of nitrogens with one attached hydrogen (secondary N) is 1. The number of thiazole rings is 1. The Bertz CT molecular complexity index is 956. The van der Waals surface area contributed by atoms with Crippen LogP contribution in [0.2, 0.25) is 0 Å². The molecule has 0 aliphatic heterocycles. The molecule has 0 saturated carbocycles. The van der Waals surface area contributed by atoms with Gasteiger partial charge >= 0.3 is 0 Å². The lowest BCUT2D eigenvalue weighted by Crippen LogP contribution is -2.20. The molecule has 0 spiro atoms. The minimum Gasteiger partial charge on any atom is -0.483 e. The molecule has 1 N–H and O–H groups in total. The van der Waals surface area contributed by atoms with Crippen LogP contribution in [0.15, 0.2) is 41.8 Å². The molecule has 0 aliphatic carbocycles. The van der Waals surface area contributed by atoms with Crippen molar-refractivity contribution in [3.8, 4) is 17.0 Å². The monoisotopic (exact) mass is 374 g/mol. The number of hydrogen-bond donors (Lipinski definition) is 1. The van der Waals surface area contributed by atoms with E-state index < -0.39 is 11.6 Å². The molecule has 7 heteroatoms. The van der Waals surface area contributed by atoms with Crippen molar-refractivity contribution in [1.82, 2.24) is 4.98 Å². The predicted octanol–water partition coefficient (Wildman–Crippen LogP) is 4.72. The smallest absolute Gasteiger partial charge is 0.264 e. The number of benzene rings is 2. The van der Waals surface area contributed by atoms with Gasteiger partial charge in [-0.3, -0.25) is 10.1 Å². The Labute approximate surface area is 153 Å². The standard InChI is InChI=1S/C19H16F2N2O2S/c1-11-4-3-5-17(12(11)2)25-9-18(24)23-19-22-16(10-26-19)13-6-7-14(20)15(21)8-13/h3-8,10H,9H2,1-2H3,(H,22,23,24). The van der Waals surface area contributed by atoms with Crippen LogP contribution in [0.4, 0.5) is 13.9 Å². The highest BCUT2D eigenvalue weighted by atomic mass is 32.1. The summed E-state index contributed by atoms with van der Waals surface area (Å²) in [6.45, 7) is 3.75. The van der Waals surface area contributed by atoms with E-state index in [0.717, 1.165) is 23.3 Å². The summed E-state index contributed by atoms with van der Waals surface area (Å²) in [5, 5.41) is 4.66. The van der Waals surface area contributed by atoms with E-state index in [1.807, 2.05) is 26.0 Å². The lowest BCUT2D eigenvalue weighted by atomic mass is 10.1. The fraction of sp³-hybridized carbons (Fsp3) is 0.158. The van der Waals surface area contributed by atoms with Gasteiger partial charge in [-0.1, -0.05) is 12.1 Å². The van der Waals surface area contributed by atoms with Crippen molar-refractivity contribution in [2.75, 3.05) is 11.9 Å². The second kappa shape index (κ2) is 7.61. The van der Waals surface area contributed by atoms with Crippen LogP contribution in [0.5, 0.6) is 5.75 Å². The summed E-state index contributed by atoms with van der Waals surface area (Å²) in [6.07, 6.45) is 0. The highest BCUT2D eigenvalue weighted by Gasteiger charge is 2.11. The second-order valence-electron chi connectivity index (χ2n) is 5.70. The average Bonchev–Trinajstić information content (AvgIpc) is 3.07. The van der Waals surface area contributed by atoms with Gasteiger partial charge in [-0.05, 0) is 49.2 Å². The van der Waals surface area contributed by atoms with Crippen molar-refractivity contribution < 1.29 is 18.3 Å². The van der Waals surface area contributed by atoms with Crippen molar-refractivity contribution in [1.29, 1.82) is 0 Å². The molecule has 4 nitrogen and oxygen atoms in total. The minimum atomic E-state index is -0.942. The molecule has 3 rings (SSSR count). The van der Waals surface area contributed by atoms with E-state index >= 15 is 0 Å². The van der Waals surface area contributed by atoms with Gasteiger partial charge in [-0.15, -0.1) is 11.3 Å². The summed E-state index contributed by atoms with van der Waals surface area (Å²) in [5.74, 6) is -1.55. The van der Waals surface area contributed by atoms with Crippen molar-refractivity contribution >= 4 is 22.4 Å². The van der Waals surface area contributed by atoms with Crippen molar-refractivity contribution in [3.05, 3.63) is 64.5 Å². The third-order valence-corrected chi connectivity index (χ3v) is 4.64. The highest BCUT2D eigenvalue weighted by molar-refractivity contribution is 7.14. The van der Waals surface area contributed by atoms with E-state index in [1.54, 1.807) is 11.4 Å². The van der Waals surface area contributed by atoms with Crippen LogP contribution in [0, 0.1) is 25.5 Å². The number of ether oxygens (including phenoxy) is 1. The summed E-state index contributed by atoms with van der Waals surface area (Å²) < 4.78 is 31.9. The quantitative estimate of drug-likeness (QED) is 0.703. The van der Waals surface area contributed by atoms with Crippen LogP contribution in [0.1, 0.15) is 11.1 Å². The zero-order chi connectivity index (χ0) is 18.7. The largest absolute Gasteiger partial charge is 0.483 e. The van der Waals surface area contributed by atoms with Crippen molar-refractivity contribution in [2.45, 2.75) is 13.8 Å². The molecule has 0 aliphatic rings. The SMILES string of the molecule is Cc1cccc(OCC(=O)Nc2nc(-c3ccc(F)c(F)c3)cs2)c1C. The Kier molecular flexibility index (Phi) is 5.27. The Morgan fingerprint density at radius 3 is 2.77 bits per heavy atom. The van der Waals surface area contributed by atoms with Crippen LogP contribution in [0.3, 0.4) is 0 Å². The van der Waals surface area contributed by atoms with Crippen LogP contribution in [0.25, 0.3) is 11.3 Å². The fourth-order valence-electron chi connectivity index (χ4n) is 2.30. The molecule has 1 amide bonds. The number of aryl methyl sites for hydroxylation is 1. The molecule has 26 heavy (non-hydrogen) atoms. The molecular weight excluding hydrogens is 358 g/mol. The highest BCUT2D eigenvalue weighted by Crippen LogP contribution is 2.26. The molecule has 0 fully saturated rings. The molecule has 0 bridgehead atoms. The number of carbonyl (C=O) groups excluding carboxylic acids is 1. The van der Waals surface area contributed by atoms with E-state index in [2.05, 4.69) is 10.3 Å². The maximum absolute atomic E-state index is 13.3. The van der Waals surface area contributed by atoms with Gasteiger partial charge < -0.3 is 4.74 Å². The van der Waals surface area contributed by atoms with Crippen molar-refractivity contribution in [2.24, 2.45) is 0 Å². The molecule has 0 saturated heterocycles. The summed E-state index contributed by atoms with van der Waals surface area (Å²) in [7, 11) is 0. The first-order valence-electron chi connectivity index (χ1n) is 7.84. The van der Waals surface area contributed by atoms with E-state index in [4.69, 9.17) is 4.74 Å². The van der Waals surface area contributed by atoms with E-state index in [-0.39, 0.29) is 12.5 Å². The maximum Gasteiger partial charge on any atom is 0.264 e.